The Kier molecular flexibility index (Phi) is 6.09. The van der Waals surface area contributed by atoms with Crippen LogP contribution < -0.4 is 10.6 Å². The molecule has 0 saturated carbocycles. The summed E-state index contributed by atoms with van der Waals surface area (Å²) in [7, 11) is 0. The summed E-state index contributed by atoms with van der Waals surface area (Å²) in [5.74, 6) is -0.437. The molecule has 2 aromatic rings. The van der Waals surface area contributed by atoms with E-state index in [0.29, 0.717) is 16.8 Å². The summed E-state index contributed by atoms with van der Waals surface area (Å²) in [6.07, 6.45) is -0.873. The van der Waals surface area contributed by atoms with Gasteiger partial charge < -0.3 is 15.7 Å². The Labute approximate surface area is 141 Å². The molecule has 0 aromatic heterocycles. The van der Waals surface area contributed by atoms with Crippen molar-refractivity contribution in [3.05, 3.63) is 65.7 Å². The third-order valence-electron chi connectivity index (χ3n) is 3.41. The summed E-state index contributed by atoms with van der Waals surface area (Å²) >= 11 is 0. The Morgan fingerprint density at radius 1 is 1.00 bits per heavy atom. The number of aliphatic hydroxyl groups excluding tert-OH is 1. The first-order chi connectivity index (χ1) is 11.5. The molecule has 126 valence electrons. The first kappa shape index (κ1) is 17.7. The molecule has 0 aliphatic carbocycles. The number of aliphatic hydroxyl groups is 1. The van der Waals surface area contributed by atoms with E-state index in [1.807, 2.05) is 32.0 Å². The average molecular weight is 326 g/mol. The summed E-state index contributed by atoms with van der Waals surface area (Å²) in [5, 5.41) is 15.6. The van der Waals surface area contributed by atoms with E-state index in [0.717, 1.165) is 0 Å². The minimum absolute atomic E-state index is 0.0282. The number of rotatable bonds is 6. The van der Waals surface area contributed by atoms with Gasteiger partial charge in [-0.05, 0) is 43.7 Å². The van der Waals surface area contributed by atoms with Crippen LogP contribution in [0.1, 0.15) is 42.3 Å². The molecule has 5 heteroatoms. The van der Waals surface area contributed by atoms with Gasteiger partial charge in [-0.15, -0.1) is 0 Å². The number of hydrogen-bond donors (Lipinski definition) is 3. The van der Waals surface area contributed by atoms with Gasteiger partial charge in [0.25, 0.3) is 5.91 Å². The maximum Gasteiger partial charge on any atom is 0.251 e. The van der Waals surface area contributed by atoms with Crippen molar-refractivity contribution in [3.8, 4) is 0 Å². The Morgan fingerprint density at radius 3 is 2.21 bits per heavy atom. The van der Waals surface area contributed by atoms with Crippen molar-refractivity contribution in [3.63, 3.8) is 0 Å². The molecule has 0 radical (unpaired) electrons. The van der Waals surface area contributed by atoms with E-state index < -0.39 is 6.10 Å². The molecule has 5 nitrogen and oxygen atoms in total. The van der Waals surface area contributed by atoms with Crippen molar-refractivity contribution < 1.29 is 14.7 Å². The molecular weight excluding hydrogens is 304 g/mol. The number of carbonyl (C=O) groups is 2. The number of anilines is 1. The van der Waals surface area contributed by atoms with Crippen LogP contribution in [0.15, 0.2) is 54.6 Å². The Morgan fingerprint density at radius 2 is 1.62 bits per heavy atom. The molecule has 0 saturated heterocycles. The molecule has 2 aromatic carbocycles. The molecule has 1 atom stereocenters. The van der Waals surface area contributed by atoms with Crippen molar-refractivity contribution in [2.45, 2.75) is 32.4 Å². The van der Waals surface area contributed by atoms with Gasteiger partial charge >= 0.3 is 0 Å². The standard InChI is InChI=1S/C19H22N2O3/c1-13(2)20-19(24)15-8-10-16(11-9-15)21-18(23)12-17(22)14-6-4-3-5-7-14/h3-11,13,17,22H,12H2,1-2H3,(H,20,24)(H,21,23). The van der Waals surface area contributed by atoms with Crippen LogP contribution in [0.2, 0.25) is 0 Å². The highest BCUT2D eigenvalue weighted by Gasteiger charge is 2.13. The van der Waals surface area contributed by atoms with Gasteiger partial charge in [-0.1, -0.05) is 30.3 Å². The van der Waals surface area contributed by atoms with Gasteiger partial charge in [0.05, 0.1) is 12.5 Å². The highest BCUT2D eigenvalue weighted by Crippen LogP contribution is 2.17. The molecule has 0 fully saturated rings. The molecule has 1 unspecified atom stereocenters. The van der Waals surface area contributed by atoms with Crippen LogP contribution in [-0.4, -0.2) is 23.0 Å². The molecular formula is C19H22N2O3. The predicted octanol–water partition coefficient (Wildman–Crippen LogP) is 2.89. The minimum Gasteiger partial charge on any atom is -0.388 e. The highest BCUT2D eigenvalue weighted by atomic mass is 16.3. The predicted molar refractivity (Wildman–Crippen MR) is 93.7 cm³/mol. The number of hydrogen-bond acceptors (Lipinski definition) is 3. The van der Waals surface area contributed by atoms with Crippen LogP contribution in [0.5, 0.6) is 0 Å². The van der Waals surface area contributed by atoms with Crippen LogP contribution in [0, 0.1) is 0 Å². The van der Waals surface area contributed by atoms with Gasteiger partial charge in [0.2, 0.25) is 5.91 Å². The fraction of sp³-hybridized carbons (Fsp3) is 0.263. The highest BCUT2D eigenvalue weighted by molar-refractivity contribution is 5.96. The summed E-state index contributed by atoms with van der Waals surface area (Å²) in [6.45, 7) is 3.79. The smallest absolute Gasteiger partial charge is 0.251 e. The first-order valence-corrected chi connectivity index (χ1v) is 7.89. The van der Waals surface area contributed by atoms with E-state index in [-0.39, 0.29) is 24.3 Å². The summed E-state index contributed by atoms with van der Waals surface area (Å²) in [4.78, 5) is 23.9. The fourth-order valence-corrected chi connectivity index (χ4v) is 2.23. The van der Waals surface area contributed by atoms with E-state index in [2.05, 4.69) is 10.6 Å². The SMILES string of the molecule is CC(C)NC(=O)c1ccc(NC(=O)CC(O)c2ccccc2)cc1. The Balaban J connectivity index is 1.91. The van der Waals surface area contributed by atoms with Gasteiger partial charge in [0, 0.05) is 17.3 Å². The first-order valence-electron chi connectivity index (χ1n) is 7.89. The van der Waals surface area contributed by atoms with Gasteiger partial charge in [-0.2, -0.15) is 0 Å². The van der Waals surface area contributed by atoms with E-state index in [4.69, 9.17) is 0 Å². The minimum atomic E-state index is -0.845. The lowest BCUT2D eigenvalue weighted by Gasteiger charge is -2.12. The van der Waals surface area contributed by atoms with Crippen LogP contribution in [0.25, 0.3) is 0 Å². The fourth-order valence-electron chi connectivity index (χ4n) is 2.23. The van der Waals surface area contributed by atoms with E-state index in [9.17, 15) is 14.7 Å². The quantitative estimate of drug-likeness (QED) is 0.764. The van der Waals surface area contributed by atoms with Gasteiger partial charge in [-0.25, -0.2) is 0 Å². The third-order valence-corrected chi connectivity index (χ3v) is 3.41. The van der Waals surface area contributed by atoms with E-state index in [1.165, 1.54) is 0 Å². The lowest BCUT2D eigenvalue weighted by molar-refractivity contribution is -0.118. The Bertz CT molecular complexity index is 682. The molecule has 3 N–H and O–H groups in total. The lowest BCUT2D eigenvalue weighted by atomic mass is 10.1. The van der Waals surface area contributed by atoms with Crippen LogP contribution in [0.4, 0.5) is 5.69 Å². The normalized spacial score (nSPS) is 11.8. The summed E-state index contributed by atoms with van der Waals surface area (Å²) in [6, 6.07) is 15.8. The molecule has 0 heterocycles. The number of nitrogens with one attached hydrogen (secondary N) is 2. The molecule has 0 aliphatic heterocycles. The Hall–Kier alpha value is -2.66. The largest absolute Gasteiger partial charge is 0.388 e. The zero-order valence-electron chi connectivity index (χ0n) is 13.8. The average Bonchev–Trinajstić information content (AvgIpc) is 2.55. The molecule has 0 spiro atoms. The molecule has 0 bridgehead atoms. The zero-order chi connectivity index (χ0) is 17.5. The van der Waals surface area contributed by atoms with E-state index in [1.54, 1.807) is 36.4 Å². The maximum atomic E-state index is 12.0. The van der Waals surface area contributed by atoms with Gasteiger partial charge in [0.15, 0.2) is 0 Å². The molecule has 2 rings (SSSR count). The van der Waals surface area contributed by atoms with Gasteiger partial charge in [-0.3, -0.25) is 9.59 Å². The second kappa shape index (κ2) is 8.26. The molecule has 2 amide bonds. The van der Waals surface area contributed by atoms with Crippen molar-refractivity contribution in [2.75, 3.05) is 5.32 Å². The van der Waals surface area contributed by atoms with Crippen LogP contribution in [-0.2, 0) is 4.79 Å². The monoisotopic (exact) mass is 326 g/mol. The summed E-state index contributed by atoms with van der Waals surface area (Å²) in [5.41, 5.74) is 1.82. The third kappa shape index (κ3) is 5.21. The topological polar surface area (TPSA) is 78.4 Å². The summed E-state index contributed by atoms with van der Waals surface area (Å²) < 4.78 is 0. The van der Waals surface area contributed by atoms with Gasteiger partial charge in [0.1, 0.15) is 0 Å². The van der Waals surface area contributed by atoms with Crippen molar-refractivity contribution >= 4 is 17.5 Å². The van der Waals surface area contributed by atoms with Crippen LogP contribution in [0.3, 0.4) is 0 Å². The number of amides is 2. The number of benzene rings is 2. The zero-order valence-corrected chi connectivity index (χ0v) is 13.8. The lowest BCUT2D eigenvalue weighted by Crippen LogP contribution is -2.30. The second-order valence-corrected chi connectivity index (χ2v) is 5.88. The number of carbonyl (C=O) groups excluding carboxylic acids is 2. The van der Waals surface area contributed by atoms with E-state index >= 15 is 0 Å². The van der Waals surface area contributed by atoms with Crippen LogP contribution >= 0.6 is 0 Å². The molecule has 24 heavy (non-hydrogen) atoms. The maximum absolute atomic E-state index is 12.0. The molecule has 0 aliphatic rings. The second-order valence-electron chi connectivity index (χ2n) is 5.88. The van der Waals surface area contributed by atoms with Crippen molar-refractivity contribution in [1.82, 2.24) is 5.32 Å². The van der Waals surface area contributed by atoms with Crippen molar-refractivity contribution in [1.29, 1.82) is 0 Å². The van der Waals surface area contributed by atoms with Crippen molar-refractivity contribution in [2.24, 2.45) is 0 Å².